The number of hydrogen-bond acceptors (Lipinski definition) is 4. The van der Waals surface area contributed by atoms with Gasteiger partial charge in [0.25, 0.3) is 0 Å². The summed E-state index contributed by atoms with van der Waals surface area (Å²) in [5.74, 6) is 0.807. The lowest BCUT2D eigenvalue weighted by molar-refractivity contribution is 0.0170. The summed E-state index contributed by atoms with van der Waals surface area (Å²) < 4.78 is 5.52. The number of nitrogens with one attached hydrogen (secondary N) is 2. The number of nitrogens with zero attached hydrogens (tertiary/aromatic N) is 2. The molecule has 5 nitrogen and oxygen atoms in total. The predicted molar refractivity (Wildman–Crippen MR) is 129 cm³/mol. The number of aryl methyl sites for hydroxylation is 1. The van der Waals surface area contributed by atoms with Crippen LogP contribution in [0.5, 0.6) is 0 Å². The first kappa shape index (κ1) is 23.4. The summed E-state index contributed by atoms with van der Waals surface area (Å²) in [6, 6.07) is 12.6. The minimum absolute atomic E-state index is 0. The highest BCUT2D eigenvalue weighted by Gasteiger charge is 2.23. The van der Waals surface area contributed by atoms with E-state index in [4.69, 9.17) is 16.3 Å². The van der Waals surface area contributed by atoms with Crippen LogP contribution in [0.25, 0.3) is 0 Å². The predicted octanol–water partition coefficient (Wildman–Crippen LogP) is 4.07. The van der Waals surface area contributed by atoms with Crippen molar-refractivity contribution in [1.82, 2.24) is 15.5 Å². The smallest absolute Gasteiger partial charge is 0.191 e. The maximum Gasteiger partial charge on any atom is 0.191 e. The highest BCUT2D eigenvalue weighted by Crippen LogP contribution is 2.24. The Morgan fingerprint density at radius 1 is 1.25 bits per heavy atom. The van der Waals surface area contributed by atoms with Gasteiger partial charge in [-0.2, -0.15) is 0 Å². The van der Waals surface area contributed by atoms with Gasteiger partial charge in [-0.1, -0.05) is 23.7 Å². The van der Waals surface area contributed by atoms with E-state index in [0.717, 1.165) is 50.4 Å². The van der Waals surface area contributed by atoms with E-state index in [1.807, 2.05) is 18.2 Å². The average Bonchev–Trinajstić information content (AvgIpc) is 3.10. The molecule has 1 aliphatic rings. The molecule has 2 N–H and O–H groups in total. The van der Waals surface area contributed by atoms with Gasteiger partial charge in [0, 0.05) is 41.5 Å². The molecule has 0 aliphatic carbocycles. The summed E-state index contributed by atoms with van der Waals surface area (Å²) in [4.78, 5) is 9.43. The van der Waals surface area contributed by atoms with Gasteiger partial charge in [0.2, 0.25) is 0 Å². The normalized spacial score (nSPS) is 16.3. The van der Waals surface area contributed by atoms with Crippen LogP contribution in [0.2, 0.25) is 5.02 Å². The van der Waals surface area contributed by atoms with E-state index in [-0.39, 0.29) is 30.0 Å². The average molecular weight is 535 g/mol. The first-order valence-corrected chi connectivity index (χ1v) is 10.4. The van der Waals surface area contributed by atoms with E-state index in [1.165, 1.54) is 15.3 Å². The molecule has 3 rings (SSSR count). The van der Waals surface area contributed by atoms with Crippen LogP contribution in [0.15, 0.2) is 41.4 Å². The third-order valence-electron chi connectivity index (χ3n) is 4.63. The summed E-state index contributed by atoms with van der Waals surface area (Å²) >= 11 is 8.04. The first-order chi connectivity index (χ1) is 13.2. The summed E-state index contributed by atoms with van der Waals surface area (Å²) in [5, 5.41) is 7.65. The molecule has 0 radical (unpaired) electrons. The molecule has 1 aliphatic heterocycles. The van der Waals surface area contributed by atoms with Crippen molar-refractivity contribution in [2.45, 2.75) is 19.5 Å². The summed E-state index contributed by atoms with van der Waals surface area (Å²) in [6.45, 7) is 7.02. The maximum atomic E-state index is 6.24. The Balaban J connectivity index is 0.00000280. The molecule has 2 heterocycles. The number of morpholine rings is 1. The second-order valence-corrected chi connectivity index (χ2v) is 8.35. The third-order valence-corrected chi connectivity index (χ3v) is 5.87. The molecule has 1 aromatic heterocycles. The van der Waals surface area contributed by atoms with Gasteiger partial charge in [-0.3, -0.25) is 9.89 Å². The number of aliphatic imine (C=N–C) groups is 1. The van der Waals surface area contributed by atoms with E-state index in [0.29, 0.717) is 0 Å². The number of benzene rings is 1. The van der Waals surface area contributed by atoms with E-state index >= 15 is 0 Å². The SMILES string of the molecule is CN=C(NCc1ccc(C)s1)NCC(c1cccc(Cl)c1)N1CCOCC1.I. The number of hydrogen-bond donors (Lipinski definition) is 2. The van der Waals surface area contributed by atoms with Crippen LogP contribution in [0.3, 0.4) is 0 Å². The van der Waals surface area contributed by atoms with Crippen LogP contribution in [-0.4, -0.2) is 50.8 Å². The van der Waals surface area contributed by atoms with Crippen LogP contribution in [0.1, 0.15) is 21.4 Å². The zero-order chi connectivity index (χ0) is 19.1. The number of guanidine groups is 1. The van der Waals surface area contributed by atoms with E-state index in [2.05, 4.69) is 45.6 Å². The van der Waals surface area contributed by atoms with Gasteiger partial charge in [-0.25, -0.2) is 0 Å². The van der Waals surface area contributed by atoms with Gasteiger partial charge < -0.3 is 15.4 Å². The Bertz CT molecular complexity index is 764. The zero-order valence-electron chi connectivity index (χ0n) is 16.3. The minimum Gasteiger partial charge on any atom is -0.379 e. The van der Waals surface area contributed by atoms with Gasteiger partial charge in [0.05, 0.1) is 25.8 Å². The molecular weight excluding hydrogens is 507 g/mol. The highest BCUT2D eigenvalue weighted by atomic mass is 127. The minimum atomic E-state index is 0. The number of halogens is 2. The van der Waals surface area contributed by atoms with Crippen molar-refractivity contribution in [3.05, 3.63) is 56.7 Å². The van der Waals surface area contributed by atoms with Crippen molar-refractivity contribution in [3.63, 3.8) is 0 Å². The molecular formula is C20H28ClIN4OS. The molecule has 28 heavy (non-hydrogen) atoms. The van der Waals surface area contributed by atoms with Crippen molar-refractivity contribution in [2.75, 3.05) is 39.9 Å². The standard InChI is InChI=1S/C20H27ClN4OS.HI/c1-15-6-7-18(27-15)13-23-20(22-2)24-14-19(25-8-10-26-11-9-25)16-4-3-5-17(21)12-16;/h3-7,12,19H,8-11,13-14H2,1-2H3,(H2,22,23,24);1H. The molecule has 0 bridgehead atoms. The first-order valence-electron chi connectivity index (χ1n) is 9.23. The third kappa shape index (κ3) is 6.88. The van der Waals surface area contributed by atoms with Crippen LogP contribution in [-0.2, 0) is 11.3 Å². The van der Waals surface area contributed by atoms with Gasteiger partial charge in [-0.05, 0) is 36.8 Å². The monoisotopic (exact) mass is 534 g/mol. The van der Waals surface area contributed by atoms with E-state index < -0.39 is 0 Å². The van der Waals surface area contributed by atoms with E-state index in [9.17, 15) is 0 Å². The molecule has 154 valence electrons. The van der Waals surface area contributed by atoms with Crippen LogP contribution >= 0.6 is 46.9 Å². The zero-order valence-corrected chi connectivity index (χ0v) is 20.2. The van der Waals surface area contributed by atoms with Crippen molar-refractivity contribution >= 4 is 52.9 Å². The Morgan fingerprint density at radius 3 is 2.68 bits per heavy atom. The molecule has 0 amide bonds. The summed E-state index contributed by atoms with van der Waals surface area (Å²) in [6.07, 6.45) is 0. The molecule has 0 spiro atoms. The number of thiophene rings is 1. The molecule has 1 fully saturated rings. The lowest BCUT2D eigenvalue weighted by Gasteiger charge is -2.35. The lowest BCUT2D eigenvalue weighted by Crippen LogP contribution is -2.46. The lowest BCUT2D eigenvalue weighted by atomic mass is 10.0. The second kappa shape index (κ2) is 12.0. The largest absolute Gasteiger partial charge is 0.379 e. The topological polar surface area (TPSA) is 48.9 Å². The number of ether oxygens (including phenoxy) is 1. The molecule has 1 aromatic carbocycles. The van der Waals surface area contributed by atoms with Crippen LogP contribution < -0.4 is 10.6 Å². The highest BCUT2D eigenvalue weighted by molar-refractivity contribution is 14.0. The number of rotatable bonds is 6. The Labute approximate surface area is 193 Å². The van der Waals surface area contributed by atoms with Crippen molar-refractivity contribution in [2.24, 2.45) is 4.99 Å². The molecule has 1 atom stereocenters. The Morgan fingerprint density at radius 2 is 2.04 bits per heavy atom. The maximum absolute atomic E-state index is 6.24. The second-order valence-electron chi connectivity index (χ2n) is 6.54. The van der Waals surface area contributed by atoms with Crippen LogP contribution in [0.4, 0.5) is 0 Å². The summed E-state index contributed by atoms with van der Waals surface area (Å²) in [5.41, 5.74) is 1.21. The van der Waals surface area contributed by atoms with Gasteiger partial charge in [0.1, 0.15) is 0 Å². The molecule has 0 saturated carbocycles. The van der Waals surface area contributed by atoms with E-state index in [1.54, 1.807) is 18.4 Å². The quantitative estimate of drug-likeness (QED) is 0.333. The molecule has 8 heteroatoms. The molecule has 1 saturated heterocycles. The van der Waals surface area contributed by atoms with Gasteiger partial charge in [-0.15, -0.1) is 35.3 Å². The van der Waals surface area contributed by atoms with Crippen molar-refractivity contribution in [1.29, 1.82) is 0 Å². The Kier molecular flexibility index (Phi) is 10.0. The fourth-order valence-corrected chi connectivity index (χ4v) is 4.25. The van der Waals surface area contributed by atoms with Crippen molar-refractivity contribution in [3.8, 4) is 0 Å². The fraction of sp³-hybridized carbons (Fsp3) is 0.450. The fourth-order valence-electron chi connectivity index (χ4n) is 3.23. The van der Waals surface area contributed by atoms with Gasteiger partial charge >= 0.3 is 0 Å². The van der Waals surface area contributed by atoms with Crippen LogP contribution in [0, 0.1) is 6.92 Å². The molecule has 1 unspecified atom stereocenters. The Hall–Kier alpha value is -0.870. The van der Waals surface area contributed by atoms with Gasteiger partial charge in [0.15, 0.2) is 5.96 Å². The molecule has 2 aromatic rings. The summed E-state index contributed by atoms with van der Waals surface area (Å²) in [7, 11) is 1.80. The van der Waals surface area contributed by atoms with Crippen molar-refractivity contribution < 1.29 is 4.74 Å².